The largest absolute Gasteiger partial charge is 0.508 e. The van der Waals surface area contributed by atoms with E-state index >= 15 is 0 Å². The summed E-state index contributed by atoms with van der Waals surface area (Å²) in [5.41, 5.74) is 0.620. The van der Waals surface area contributed by atoms with Crippen LogP contribution in [0.2, 0.25) is 0 Å². The van der Waals surface area contributed by atoms with Crippen molar-refractivity contribution >= 4 is 10.8 Å². The number of benzene rings is 2. The van der Waals surface area contributed by atoms with E-state index in [1.165, 1.54) is 0 Å². The third-order valence-electron chi connectivity index (χ3n) is 4.07. The Morgan fingerprint density at radius 3 is 2.27 bits per heavy atom. The van der Waals surface area contributed by atoms with Crippen LogP contribution in [-0.4, -0.2) is 56.6 Å². The Balaban J connectivity index is 1.97. The number of ether oxygens (including phenoxy) is 1. The Hall–Kier alpha value is -1.70. The lowest BCUT2D eigenvalue weighted by Gasteiger charge is -2.40. The smallest absolute Gasteiger partial charge is 0.116 e. The van der Waals surface area contributed by atoms with Gasteiger partial charge in [-0.3, -0.25) is 0 Å². The minimum atomic E-state index is -1.40. The molecule has 1 aliphatic heterocycles. The first-order chi connectivity index (χ1) is 10.5. The van der Waals surface area contributed by atoms with Crippen LogP contribution >= 0.6 is 0 Å². The first kappa shape index (κ1) is 15.2. The van der Waals surface area contributed by atoms with Gasteiger partial charge in [0.2, 0.25) is 0 Å². The predicted octanol–water partition coefficient (Wildman–Crippen LogP) is 0.0603. The van der Waals surface area contributed by atoms with Crippen LogP contribution in [0.3, 0.4) is 0 Å². The summed E-state index contributed by atoms with van der Waals surface area (Å²) in [7, 11) is 0. The van der Waals surface area contributed by atoms with Gasteiger partial charge in [-0.15, -0.1) is 0 Å². The molecule has 1 saturated heterocycles. The van der Waals surface area contributed by atoms with Crippen molar-refractivity contribution in [3.05, 3.63) is 42.0 Å². The van der Waals surface area contributed by atoms with Gasteiger partial charge in [0.25, 0.3) is 0 Å². The molecule has 0 amide bonds. The molecule has 0 radical (unpaired) electrons. The highest BCUT2D eigenvalue weighted by Crippen LogP contribution is 2.34. The van der Waals surface area contributed by atoms with E-state index in [0.29, 0.717) is 5.56 Å². The van der Waals surface area contributed by atoms with Crippen LogP contribution in [0.5, 0.6) is 5.75 Å². The zero-order chi connectivity index (χ0) is 15.9. The fourth-order valence-corrected chi connectivity index (χ4v) is 2.81. The molecule has 5 N–H and O–H groups in total. The van der Waals surface area contributed by atoms with Crippen molar-refractivity contribution in [3.63, 3.8) is 0 Å². The van der Waals surface area contributed by atoms with E-state index in [1.54, 1.807) is 36.4 Å². The molecule has 6 nitrogen and oxygen atoms in total. The maximum atomic E-state index is 10.1. The Kier molecular flexibility index (Phi) is 4.03. The highest BCUT2D eigenvalue weighted by molar-refractivity contribution is 5.84. The third kappa shape index (κ3) is 2.55. The Morgan fingerprint density at radius 1 is 0.864 bits per heavy atom. The van der Waals surface area contributed by atoms with Gasteiger partial charge in [-0.2, -0.15) is 0 Å². The van der Waals surface area contributed by atoms with Crippen molar-refractivity contribution in [1.82, 2.24) is 0 Å². The monoisotopic (exact) mass is 306 g/mol. The minimum Gasteiger partial charge on any atom is -0.508 e. The fourth-order valence-electron chi connectivity index (χ4n) is 2.81. The molecule has 0 aliphatic carbocycles. The molecule has 5 atom stereocenters. The summed E-state index contributed by atoms with van der Waals surface area (Å²) in [6, 6.07) is 10.2. The summed E-state index contributed by atoms with van der Waals surface area (Å²) in [6.45, 7) is -0.455. The second-order valence-corrected chi connectivity index (χ2v) is 5.54. The molecule has 0 spiro atoms. The molecule has 1 aliphatic rings. The number of hydrogen-bond acceptors (Lipinski definition) is 6. The summed E-state index contributed by atoms with van der Waals surface area (Å²) < 4.78 is 5.53. The molecule has 6 heteroatoms. The molecule has 118 valence electrons. The van der Waals surface area contributed by atoms with Crippen molar-refractivity contribution in [2.75, 3.05) is 6.61 Å². The van der Waals surface area contributed by atoms with E-state index in [9.17, 15) is 25.5 Å². The molecule has 0 aromatic heterocycles. The molecule has 1 fully saturated rings. The van der Waals surface area contributed by atoms with Gasteiger partial charge in [-0.1, -0.05) is 18.2 Å². The van der Waals surface area contributed by atoms with Crippen LogP contribution in [0.25, 0.3) is 10.8 Å². The predicted molar refractivity (Wildman–Crippen MR) is 78.3 cm³/mol. The van der Waals surface area contributed by atoms with Crippen molar-refractivity contribution in [3.8, 4) is 5.75 Å². The first-order valence-corrected chi connectivity index (χ1v) is 7.04. The molecule has 22 heavy (non-hydrogen) atoms. The summed E-state index contributed by atoms with van der Waals surface area (Å²) >= 11 is 0. The SMILES string of the molecule is OCC1OC(c2ccc3cc(O)ccc3c2)C(O)C(O)C1O. The topological polar surface area (TPSA) is 110 Å². The van der Waals surface area contributed by atoms with E-state index in [1.807, 2.05) is 0 Å². The molecule has 0 saturated carbocycles. The number of fused-ring (bicyclic) bond motifs is 1. The van der Waals surface area contributed by atoms with E-state index in [0.717, 1.165) is 10.8 Å². The third-order valence-corrected chi connectivity index (χ3v) is 4.07. The normalized spacial score (nSPS) is 32.3. The summed E-state index contributed by atoms with van der Waals surface area (Å²) in [4.78, 5) is 0. The highest BCUT2D eigenvalue weighted by Gasteiger charge is 2.43. The molecule has 2 aromatic carbocycles. The van der Waals surface area contributed by atoms with Crippen LogP contribution in [0, 0.1) is 0 Å². The quantitative estimate of drug-likeness (QED) is 0.537. The number of aliphatic hydroxyl groups excluding tert-OH is 4. The van der Waals surface area contributed by atoms with Crippen LogP contribution in [-0.2, 0) is 4.74 Å². The average Bonchev–Trinajstić information content (AvgIpc) is 2.52. The highest BCUT2D eigenvalue weighted by atomic mass is 16.5. The van der Waals surface area contributed by atoms with Gasteiger partial charge < -0.3 is 30.3 Å². The number of aliphatic hydroxyl groups is 4. The van der Waals surface area contributed by atoms with E-state index in [4.69, 9.17) is 4.74 Å². The molecule has 5 unspecified atom stereocenters. The Labute approximate surface area is 126 Å². The second kappa shape index (κ2) is 5.83. The number of hydrogen-bond donors (Lipinski definition) is 5. The maximum absolute atomic E-state index is 10.1. The van der Waals surface area contributed by atoms with Gasteiger partial charge in [-0.05, 0) is 34.5 Å². The van der Waals surface area contributed by atoms with Crippen LogP contribution in [0.4, 0.5) is 0 Å². The number of aromatic hydroxyl groups is 1. The van der Waals surface area contributed by atoms with E-state index in [-0.39, 0.29) is 5.75 Å². The number of phenolic OH excluding ortho intramolecular Hbond substituents is 1. The lowest BCUT2D eigenvalue weighted by Crippen LogP contribution is -2.55. The van der Waals surface area contributed by atoms with Crippen molar-refractivity contribution < 1.29 is 30.3 Å². The van der Waals surface area contributed by atoms with Gasteiger partial charge in [0, 0.05) is 0 Å². The number of phenols is 1. The van der Waals surface area contributed by atoms with E-state index in [2.05, 4.69) is 0 Å². The molecule has 1 heterocycles. The van der Waals surface area contributed by atoms with Gasteiger partial charge in [0.05, 0.1) is 6.61 Å². The molecular weight excluding hydrogens is 288 g/mol. The second-order valence-electron chi connectivity index (χ2n) is 5.54. The summed E-state index contributed by atoms with van der Waals surface area (Å²) in [6.07, 6.45) is -5.85. The fraction of sp³-hybridized carbons (Fsp3) is 0.375. The lowest BCUT2D eigenvalue weighted by atomic mass is 9.90. The molecule has 0 bridgehead atoms. The Bertz CT molecular complexity index is 671. The summed E-state index contributed by atoms with van der Waals surface area (Å²) in [5.74, 6) is 0.160. The zero-order valence-electron chi connectivity index (χ0n) is 11.7. The van der Waals surface area contributed by atoms with Gasteiger partial charge >= 0.3 is 0 Å². The van der Waals surface area contributed by atoms with Gasteiger partial charge in [0.1, 0.15) is 36.3 Å². The first-order valence-electron chi connectivity index (χ1n) is 7.04. The van der Waals surface area contributed by atoms with Crippen molar-refractivity contribution in [2.24, 2.45) is 0 Å². The summed E-state index contributed by atoms with van der Waals surface area (Å²) in [5, 5.41) is 50.2. The van der Waals surface area contributed by atoms with E-state index < -0.39 is 37.1 Å². The molecule has 3 rings (SSSR count). The van der Waals surface area contributed by atoms with Gasteiger partial charge in [-0.25, -0.2) is 0 Å². The van der Waals surface area contributed by atoms with Crippen LogP contribution in [0.15, 0.2) is 36.4 Å². The molecule has 2 aromatic rings. The van der Waals surface area contributed by atoms with Gasteiger partial charge in [0.15, 0.2) is 0 Å². The number of rotatable bonds is 2. The van der Waals surface area contributed by atoms with Crippen LogP contribution in [0.1, 0.15) is 11.7 Å². The standard InChI is InChI=1S/C16H18O6/c17-7-12-13(19)14(20)15(21)16(22-12)10-2-1-9-6-11(18)4-3-8(9)5-10/h1-6,12-21H,7H2. The lowest BCUT2D eigenvalue weighted by molar-refractivity contribution is -0.231. The Morgan fingerprint density at radius 2 is 1.55 bits per heavy atom. The zero-order valence-corrected chi connectivity index (χ0v) is 11.7. The van der Waals surface area contributed by atoms with Crippen molar-refractivity contribution in [1.29, 1.82) is 0 Å². The molecular formula is C16H18O6. The maximum Gasteiger partial charge on any atom is 0.116 e. The van der Waals surface area contributed by atoms with Crippen molar-refractivity contribution in [2.45, 2.75) is 30.5 Å². The minimum absolute atomic E-state index is 0.160. The van der Waals surface area contributed by atoms with Crippen LogP contribution < -0.4 is 0 Å². The average molecular weight is 306 g/mol.